The molecule has 19 heavy (non-hydrogen) atoms. The molecule has 2 aromatic heterocycles. The van der Waals surface area contributed by atoms with Crippen LogP contribution in [0, 0.1) is 0 Å². The Hall–Kier alpha value is -1.33. The van der Waals surface area contributed by atoms with Gasteiger partial charge in [0, 0.05) is 20.1 Å². The van der Waals surface area contributed by atoms with Crippen LogP contribution >= 0.6 is 15.9 Å². The van der Waals surface area contributed by atoms with Gasteiger partial charge in [-0.05, 0) is 15.9 Å². The summed E-state index contributed by atoms with van der Waals surface area (Å²) in [5.74, 6) is 0.626. The number of hydrogen-bond donors (Lipinski definition) is 0. The first-order valence-corrected chi connectivity index (χ1v) is 7.65. The summed E-state index contributed by atoms with van der Waals surface area (Å²) in [6, 6.07) is 0. The Kier molecular flexibility index (Phi) is 2.91. The third kappa shape index (κ3) is 1.97. The van der Waals surface area contributed by atoms with Crippen LogP contribution in [0.25, 0.3) is 0 Å². The molecule has 1 aliphatic heterocycles. The number of rotatable bonds is 2. The third-order valence-corrected chi connectivity index (χ3v) is 5.66. The fraction of sp³-hybridized carbons (Fsp3) is 0.500. The number of halogens is 1. The van der Waals surface area contributed by atoms with Gasteiger partial charge in [-0.1, -0.05) is 5.21 Å². The van der Waals surface area contributed by atoms with E-state index >= 15 is 0 Å². The minimum Gasteiger partial charge on any atom is -0.315 e. The predicted molar refractivity (Wildman–Crippen MR) is 66.3 cm³/mol. The van der Waals surface area contributed by atoms with Gasteiger partial charge in [0.2, 0.25) is 5.03 Å². The number of aryl methyl sites for hydroxylation is 1. The maximum Gasteiger partial charge on any atom is 0.263 e. The summed E-state index contributed by atoms with van der Waals surface area (Å²) in [5, 5.41) is 15.1. The van der Waals surface area contributed by atoms with Crippen LogP contribution in [-0.2, 0) is 30.2 Å². The van der Waals surface area contributed by atoms with E-state index in [9.17, 15) is 8.42 Å². The van der Waals surface area contributed by atoms with Crippen LogP contribution in [0.15, 0.2) is 16.0 Å². The van der Waals surface area contributed by atoms with E-state index in [2.05, 4.69) is 36.4 Å². The van der Waals surface area contributed by atoms with Crippen molar-refractivity contribution in [3.05, 3.63) is 16.8 Å². The van der Waals surface area contributed by atoms with E-state index in [-0.39, 0.29) is 16.2 Å². The van der Waals surface area contributed by atoms with E-state index in [1.54, 1.807) is 6.33 Å². The lowest BCUT2D eigenvalue weighted by Crippen LogP contribution is -2.39. The van der Waals surface area contributed by atoms with Gasteiger partial charge in [-0.25, -0.2) is 13.1 Å². The van der Waals surface area contributed by atoms with E-state index in [4.69, 9.17) is 0 Å². The first-order chi connectivity index (χ1) is 9.00. The second kappa shape index (κ2) is 4.35. The van der Waals surface area contributed by atoms with E-state index in [0.717, 1.165) is 0 Å². The van der Waals surface area contributed by atoms with E-state index < -0.39 is 10.0 Å². The molecule has 0 unspecified atom stereocenters. The first kappa shape index (κ1) is 12.7. The van der Waals surface area contributed by atoms with Crippen LogP contribution in [0.1, 0.15) is 5.82 Å². The largest absolute Gasteiger partial charge is 0.315 e. The number of fused-ring (bicyclic) bond motifs is 1. The summed E-state index contributed by atoms with van der Waals surface area (Å²) in [4.78, 5) is 0. The molecule has 0 bridgehead atoms. The molecule has 0 saturated heterocycles. The number of nitrogens with zero attached hydrogens (tertiary/aromatic N) is 7. The molecule has 0 radical (unpaired) electrons. The van der Waals surface area contributed by atoms with Crippen molar-refractivity contribution in [2.75, 3.05) is 6.54 Å². The van der Waals surface area contributed by atoms with E-state index in [1.807, 2.05) is 4.57 Å². The fourth-order valence-electron chi connectivity index (χ4n) is 1.97. The lowest BCUT2D eigenvalue weighted by molar-refractivity contribution is 0.332. The van der Waals surface area contributed by atoms with Crippen LogP contribution in [0.3, 0.4) is 0 Å². The van der Waals surface area contributed by atoms with Crippen molar-refractivity contribution in [3.8, 4) is 0 Å². The maximum atomic E-state index is 12.6. The summed E-state index contributed by atoms with van der Waals surface area (Å²) in [5.41, 5.74) is 0. The highest BCUT2D eigenvalue weighted by atomic mass is 79.9. The van der Waals surface area contributed by atoms with Crippen molar-refractivity contribution in [1.82, 2.24) is 34.1 Å². The molecule has 1 aliphatic rings. The van der Waals surface area contributed by atoms with Crippen LogP contribution in [0.5, 0.6) is 0 Å². The van der Waals surface area contributed by atoms with Gasteiger partial charge in [-0.2, -0.15) is 4.31 Å². The summed E-state index contributed by atoms with van der Waals surface area (Å²) in [6.07, 6.45) is 1.60. The molecule has 3 rings (SSSR count). The first-order valence-electron chi connectivity index (χ1n) is 5.42. The van der Waals surface area contributed by atoms with Gasteiger partial charge in [-0.15, -0.1) is 15.3 Å². The quantitative estimate of drug-likeness (QED) is 0.717. The van der Waals surface area contributed by atoms with E-state index in [1.165, 1.54) is 16.0 Å². The molecule has 0 aliphatic carbocycles. The summed E-state index contributed by atoms with van der Waals surface area (Å²) in [6.45, 7) is 1.09. The Balaban J connectivity index is 1.99. The molecule has 9 nitrogen and oxygen atoms in total. The van der Waals surface area contributed by atoms with Crippen molar-refractivity contribution < 1.29 is 8.42 Å². The lowest BCUT2D eigenvalue weighted by Gasteiger charge is -2.25. The van der Waals surface area contributed by atoms with Gasteiger partial charge in [0.25, 0.3) is 10.0 Å². The Morgan fingerprint density at radius 3 is 2.79 bits per heavy atom. The molecule has 2 aromatic rings. The van der Waals surface area contributed by atoms with Gasteiger partial charge < -0.3 is 4.57 Å². The zero-order valence-corrected chi connectivity index (χ0v) is 12.3. The van der Waals surface area contributed by atoms with Crippen molar-refractivity contribution in [3.63, 3.8) is 0 Å². The molecule has 102 valence electrons. The van der Waals surface area contributed by atoms with Crippen LogP contribution in [-0.4, -0.2) is 49.0 Å². The van der Waals surface area contributed by atoms with Crippen molar-refractivity contribution in [2.45, 2.75) is 18.1 Å². The standard InChI is InChI=1S/C8H10BrN7O2S/c1-14-8(7(9)12-13-14)19(17,18)16-3-2-15-5-10-11-6(15)4-16/h5H,2-4H2,1H3. The highest BCUT2D eigenvalue weighted by Crippen LogP contribution is 2.24. The molecule has 3 heterocycles. The molecule has 0 spiro atoms. The van der Waals surface area contributed by atoms with Gasteiger partial charge in [-0.3, -0.25) is 0 Å². The van der Waals surface area contributed by atoms with Crippen LogP contribution in [0.4, 0.5) is 0 Å². The Morgan fingerprint density at radius 2 is 2.11 bits per heavy atom. The maximum absolute atomic E-state index is 12.6. The molecule has 0 atom stereocenters. The number of aromatic nitrogens is 6. The smallest absolute Gasteiger partial charge is 0.263 e. The molecule has 0 aromatic carbocycles. The van der Waals surface area contributed by atoms with Crippen LogP contribution in [0.2, 0.25) is 0 Å². The zero-order chi connectivity index (χ0) is 13.6. The SMILES string of the molecule is Cn1nnc(Br)c1S(=O)(=O)N1CCn2cnnc2C1. The average Bonchev–Trinajstić information content (AvgIpc) is 2.95. The van der Waals surface area contributed by atoms with Crippen molar-refractivity contribution in [2.24, 2.45) is 7.05 Å². The number of hydrogen-bond acceptors (Lipinski definition) is 6. The predicted octanol–water partition coefficient (Wildman–Crippen LogP) is -0.626. The monoisotopic (exact) mass is 347 g/mol. The molecule has 0 N–H and O–H groups in total. The molecular formula is C8H10BrN7O2S. The molecular weight excluding hydrogens is 338 g/mol. The molecule has 0 amide bonds. The molecule has 11 heteroatoms. The van der Waals surface area contributed by atoms with Crippen molar-refractivity contribution in [1.29, 1.82) is 0 Å². The van der Waals surface area contributed by atoms with Gasteiger partial charge >= 0.3 is 0 Å². The third-order valence-electron chi connectivity index (χ3n) is 2.93. The summed E-state index contributed by atoms with van der Waals surface area (Å²) >= 11 is 3.11. The average molecular weight is 348 g/mol. The molecule has 0 saturated carbocycles. The Morgan fingerprint density at radius 1 is 1.32 bits per heavy atom. The molecule has 0 fully saturated rings. The van der Waals surface area contributed by atoms with Gasteiger partial charge in [0.1, 0.15) is 12.2 Å². The normalized spacial score (nSPS) is 16.5. The highest BCUT2D eigenvalue weighted by Gasteiger charge is 2.33. The Labute approximate surface area is 117 Å². The van der Waals surface area contributed by atoms with E-state index in [0.29, 0.717) is 18.9 Å². The summed E-state index contributed by atoms with van der Waals surface area (Å²) < 4.78 is 29.7. The van der Waals surface area contributed by atoms with Crippen LogP contribution < -0.4 is 0 Å². The fourth-order valence-corrected chi connectivity index (χ4v) is 4.39. The minimum absolute atomic E-state index is 0.0421. The minimum atomic E-state index is -3.66. The van der Waals surface area contributed by atoms with Gasteiger partial charge in [0.15, 0.2) is 4.60 Å². The zero-order valence-electron chi connectivity index (χ0n) is 9.93. The second-order valence-corrected chi connectivity index (χ2v) is 6.69. The highest BCUT2D eigenvalue weighted by molar-refractivity contribution is 9.10. The topological polar surface area (TPSA) is 98.8 Å². The second-order valence-electron chi connectivity index (χ2n) is 4.09. The van der Waals surface area contributed by atoms with Crippen molar-refractivity contribution >= 4 is 26.0 Å². The summed E-state index contributed by atoms with van der Waals surface area (Å²) in [7, 11) is -2.12. The number of sulfonamides is 1. The Bertz CT molecular complexity index is 702. The lowest BCUT2D eigenvalue weighted by atomic mass is 10.4. The van der Waals surface area contributed by atoms with Gasteiger partial charge in [0.05, 0.1) is 6.54 Å².